The minimum Gasteiger partial charge on any atom is -0.392 e. The summed E-state index contributed by atoms with van der Waals surface area (Å²) in [5.74, 6) is -1.19. The van der Waals surface area contributed by atoms with Crippen LogP contribution in [0.3, 0.4) is 0 Å². The minimum absolute atomic E-state index is 0.0858. The zero-order chi connectivity index (χ0) is 16.7. The second-order valence-electron chi connectivity index (χ2n) is 5.75. The van der Waals surface area contributed by atoms with Crippen LogP contribution in [0.2, 0.25) is 0 Å². The van der Waals surface area contributed by atoms with Gasteiger partial charge < -0.3 is 9.67 Å². The van der Waals surface area contributed by atoms with E-state index in [2.05, 4.69) is 4.98 Å². The van der Waals surface area contributed by atoms with Crippen molar-refractivity contribution in [1.29, 1.82) is 0 Å². The van der Waals surface area contributed by atoms with Crippen molar-refractivity contribution in [1.82, 2.24) is 9.55 Å². The number of aliphatic hydroxyl groups excluding tert-OH is 1. The molecule has 24 heavy (non-hydrogen) atoms. The first-order valence-corrected chi connectivity index (χ1v) is 7.57. The number of hydrogen-bond acceptors (Lipinski definition) is 2. The SMILES string of the molecule is OCc1cnc2c(c1)c1ccccc1n2Cc1cc(F)cc(F)c1. The first-order chi connectivity index (χ1) is 11.7. The van der Waals surface area contributed by atoms with Crippen molar-refractivity contribution in [2.45, 2.75) is 13.2 Å². The van der Waals surface area contributed by atoms with Crippen LogP contribution < -0.4 is 0 Å². The lowest BCUT2D eigenvalue weighted by Gasteiger charge is -2.08. The molecule has 0 aliphatic carbocycles. The molecular formula is C19H14F2N2O. The predicted octanol–water partition coefficient (Wildman–Crippen LogP) is 4.01. The summed E-state index contributed by atoms with van der Waals surface area (Å²) < 4.78 is 28.9. The second kappa shape index (κ2) is 5.69. The molecule has 0 aliphatic rings. The molecule has 4 rings (SSSR count). The van der Waals surface area contributed by atoms with Gasteiger partial charge in [-0.15, -0.1) is 0 Å². The fourth-order valence-corrected chi connectivity index (χ4v) is 3.10. The normalized spacial score (nSPS) is 11.5. The number of rotatable bonds is 3. The van der Waals surface area contributed by atoms with Crippen LogP contribution in [-0.2, 0) is 13.2 Å². The van der Waals surface area contributed by atoms with Crippen LogP contribution >= 0.6 is 0 Å². The van der Waals surface area contributed by atoms with E-state index in [-0.39, 0.29) is 6.61 Å². The molecule has 0 unspecified atom stereocenters. The third-order valence-corrected chi connectivity index (χ3v) is 4.11. The highest BCUT2D eigenvalue weighted by Crippen LogP contribution is 2.29. The molecule has 0 aliphatic heterocycles. The van der Waals surface area contributed by atoms with E-state index in [4.69, 9.17) is 0 Å². The van der Waals surface area contributed by atoms with E-state index in [9.17, 15) is 13.9 Å². The first-order valence-electron chi connectivity index (χ1n) is 7.57. The maximum absolute atomic E-state index is 13.5. The molecule has 4 aromatic rings. The van der Waals surface area contributed by atoms with Crippen molar-refractivity contribution in [2.24, 2.45) is 0 Å². The lowest BCUT2D eigenvalue weighted by molar-refractivity contribution is 0.281. The minimum atomic E-state index is -0.596. The number of aliphatic hydroxyl groups is 1. The highest BCUT2D eigenvalue weighted by molar-refractivity contribution is 6.06. The van der Waals surface area contributed by atoms with Crippen molar-refractivity contribution < 1.29 is 13.9 Å². The topological polar surface area (TPSA) is 38.1 Å². The highest BCUT2D eigenvalue weighted by Gasteiger charge is 2.13. The van der Waals surface area contributed by atoms with Gasteiger partial charge in [-0.05, 0) is 35.4 Å². The van der Waals surface area contributed by atoms with Crippen LogP contribution in [0.15, 0.2) is 54.7 Å². The molecule has 5 heteroatoms. The van der Waals surface area contributed by atoms with Crippen LogP contribution in [0.1, 0.15) is 11.1 Å². The summed E-state index contributed by atoms with van der Waals surface area (Å²) in [4.78, 5) is 4.45. The number of aromatic nitrogens is 2. The summed E-state index contributed by atoms with van der Waals surface area (Å²) in [6.07, 6.45) is 1.61. The summed E-state index contributed by atoms with van der Waals surface area (Å²) in [6, 6.07) is 13.2. The summed E-state index contributed by atoms with van der Waals surface area (Å²) in [5.41, 5.74) is 2.91. The standard InChI is InChI=1S/C19H14F2N2O/c20-14-5-12(6-15(21)8-14)10-23-18-4-2-1-3-16(18)17-7-13(11-24)9-22-19(17)23/h1-9,24H,10-11H2. The van der Waals surface area contributed by atoms with Gasteiger partial charge in [0.15, 0.2) is 0 Å². The smallest absolute Gasteiger partial charge is 0.141 e. The van der Waals surface area contributed by atoms with E-state index in [1.54, 1.807) is 6.20 Å². The van der Waals surface area contributed by atoms with Gasteiger partial charge in [0, 0.05) is 29.6 Å². The number of halogens is 2. The van der Waals surface area contributed by atoms with Crippen molar-refractivity contribution in [3.8, 4) is 0 Å². The fraction of sp³-hybridized carbons (Fsp3) is 0.105. The molecule has 0 saturated heterocycles. The van der Waals surface area contributed by atoms with Crippen molar-refractivity contribution >= 4 is 21.9 Å². The van der Waals surface area contributed by atoms with Crippen molar-refractivity contribution in [3.63, 3.8) is 0 Å². The Balaban J connectivity index is 1.95. The third kappa shape index (κ3) is 2.43. The van der Waals surface area contributed by atoms with Gasteiger partial charge in [-0.3, -0.25) is 0 Å². The largest absolute Gasteiger partial charge is 0.392 e. The fourth-order valence-electron chi connectivity index (χ4n) is 3.10. The number of pyridine rings is 1. The molecule has 0 atom stereocenters. The number of nitrogens with zero attached hydrogens (tertiary/aromatic N) is 2. The average molecular weight is 324 g/mol. The Bertz CT molecular complexity index is 1040. The van der Waals surface area contributed by atoms with Crippen molar-refractivity contribution in [3.05, 3.63) is 77.5 Å². The summed E-state index contributed by atoms with van der Waals surface area (Å²) in [7, 11) is 0. The van der Waals surface area contributed by atoms with Crippen LogP contribution in [-0.4, -0.2) is 14.7 Å². The molecule has 0 radical (unpaired) electrons. The Hall–Kier alpha value is -2.79. The number of hydrogen-bond donors (Lipinski definition) is 1. The average Bonchev–Trinajstić information content (AvgIpc) is 2.88. The van der Waals surface area contributed by atoms with Gasteiger partial charge in [0.05, 0.1) is 12.1 Å². The summed E-state index contributed by atoms with van der Waals surface area (Å²) >= 11 is 0. The molecule has 0 fully saturated rings. The Labute approximate surface area is 136 Å². The van der Waals surface area contributed by atoms with Gasteiger partial charge in [0.1, 0.15) is 17.3 Å². The molecule has 2 heterocycles. The summed E-state index contributed by atoms with van der Waals surface area (Å²) in [5, 5.41) is 11.2. The molecule has 3 nitrogen and oxygen atoms in total. The van der Waals surface area contributed by atoms with Gasteiger partial charge in [-0.25, -0.2) is 13.8 Å². The van der Waals surface area contributed by atoms with E-state index in [1.807, 2.05) is 34.9 Å². The van der Waals surface area contributed by atoms with E-state index in [1.165, 1.54) is 12.1 Å². The third-order valence-electron chi connectivity index (χ3n) is 4.11. The van der Waals surface area contributed by atoms with Crippen LogP contribution in [0.25, 0.3) is 21.9 Å². The Kier molecular flexibility index (Phi) is 3.50. The lowest BCUT2D eigenvalue weighted by atomic mass is 10.1. The zero-order valence-electron chi connectivity index (χ0n) is 12.7. The van der Waals surface area contributed by atoms with Gasteiger partial charge in [0.2, 0.25) is 0 Å². The number of para-hydroxylation sites is 1. The summed E-state index contributed by atoms with van der Waals surface area (Å²) in [6.45, 7) is 0.224. The molecule has 0 spiro atoms. The maximum atomic E-state index is 13.5. The van der Waals surface area contributed by atoms with Gasteiger partial charge >= 0.3 is 0 Å². The Morgan fingerprint density at radius 1 is 0.917 bits per heavy atom. The van der Waals surface area contributed by atoms with Gasteiger partial charge in [-0.2, -0.15) is 0 Å². The molecular weight excluding hydrogens is 310 g/mol. The van der Waals surface area contributed by atoms with Crippen molar-refractivity contribution in [2.75, 3.05) is 0 Å². The first kappa shape index (κ1) is 14.8. The monoisotopic (exact) mass is 324 g/mol. The maximum Gasteiger partial charge on any atom is 0.141 e. The van der Waals surface area contributed by atoms with Gasteiger partial charge in [0.25, 0.3) is 0 Å². The highest BCUT2D eigenvalue weighted by atomic mass is 19.1. The Morgan fingerprint density at radius 2 is 1.67 bits per heavy atom. The number of fused-ring (bicyclic) bond motifs is 3. The molecule has 0 amide bonds. The molecule has 2 aromatic heterocycles. The number of benzene rings is 2. The van der Waals surface area contributed by atoms with Crippen LogP contribution in [0.5, 0.6) is 0 Å². The van der Waals surface area contributed by atoms with E-state index < -0.39 is 11.6 Å². The molecule has 0 bridgehead atoms. The zero-order valence-corrected chi connectivity index (χ0v) is 12.7. The molecule has 2 aromatic carbocycles. The van der Waals surface area contributed by atoms with E-state index >= 15 is 0 Å². The molecule has 120 valence electrons. The molecule has 1 N–H and O–H groups in total. The quantitative estimate of drug-likeness (QED) is 0.618. The van der Waals surface area contributed by atoms with E-state index in [0.717, 1.165) is 33.6 Å². The van der Waals surface area contributed by atoms with Gasteiger partial charge in [-0.1, -0.05) is 18.2 Å². The second-order valence-corrected chi connectivity index (χ2v) is 5.75. The lowest BCUT2D eigenvalue weighted by Crippen LogP contribution is -2.02. The Morgan fingerprint density at radius 3 is 2.42 bits per heavy atom. The molecule has 0 saturated carbocycles. The van der Waals surface area contributed by atoms with E-state index in [0.29, 0.717) is 12.1 Å². The van der Waals surface area contributed by atoms with Crippen LogP contribution in [0.4, 0.5) is 8.78 Å². The van der Waals surface area contributed by atoms with Crippen LogP contribution in [0, 0.1) is 11.6 Å². The predicted molar refractivity (Wildman–Crippen MR) is 88.6 cm³/mol.